The van der Waals surface area contributed by atoms with Gasteiger partial charge in [0, 0.05) is 48.2 Å². The molecule has 3 heterocycles. The number of carbonyl (C=O) groups is 2. The van der Waals surface area contributed by atoms with Gasteiger partial charge in [0.25, 0.3) is 5.91 Å². The predicted molar refractivity (Wildman–Crippen MR) is 151 cm³/mol. The van der Waals surface area contributed by atoms with E-state index in [-0.39, 0.29) is 17.9 Å². The van der Waals surface area contributed by atoms with Gasteiger partial charge in [-0.15, -0.1) is 0 Å². The van der Waals surface area contributed by atoms with Crippen LogP contribution in [-0.2, 0) is 11.2 Å². The highest BCUT2D eigenvalue weighted by atomic mass is 35.5. The Labute approximate surface area is 231 Å². The van der Waals surface area contributed by atoms with Crippen LogP contribution in [0.2, 0.25) is 5.02 Å². The van der Waals surface area contributed by atoms with Crippen molar-refractivity contribution in [2.45, 2.75) is 33.2 Å². The fourth-order valence-corrected chi connectivity index (χ4v) is 4.64. The summed E-state index contributed by atoms with van der Waals surface area (Å²) < 4.78 is 7.38. The van der Waals surface area contributed by atoms with Gasteiger partial charge in [0.2, 0.25) is 11.9 Å². The van der Waals surface area contributed by atoms with Crippen LogP contribution < -0.4 is 20.3 Å². The SMILES string of the molecule is COc1cc(C(=O)Nc2ccc3c(c2)CCN3C(C)=O)ccc1Nc1ncc(Cl)c(-c2cnn(C(C)C)c2)n1. The number of benzene rings is 2. The molecule has 0 fully saturated rings. The number of rotatable bonds is 7. The van der Waals surface area contributed by atoms with Crippen LogP contribution in [0.4, 0.5) is 23.0 Å². The smallest absolute Gasteiger partial charge is 0.255 e. The molecule has 200 valence electrons. The second-order valence-corrected chi connectivity index (χ2v) is 9.86. The summed E-state index contributed by atoms with van der Waals surface area (Å²) in [5.74, 6) is 0.489. The molecule has 1 aliphatic heterocycles. The van der Waals surface area contributed by atoms with Crippen molar-refractivity contribution >= 4 is 46.4 Å². The normalized spacial score (nSPS) is 12.4. The average Bonchev–Trinajstić information content (AvgIpc) is 3.57. The molecule has 2 aromatic heterocycles. The molecule has 10 nitrogen and oxygen atoms in total. The van der Waals surface area contributed by atoms with E-state index in [1.807, 2.05) is 36.9 Å². The summed E-state index contributed by atoms with van der Waals surface area (Å²) in [4.78, 5) is 35.4. The minimum absolute atomic E-state index is 0.00814. The fourth-order valence-electron chi connectivity index (χ4n) is 4.44. The molecular formula is C28H28ClN7O3. The van der Waals surface area contributed by atoms with Gasteiger partial charge in [0.15, 0.2) is 0 Å². The van der Waals surface area contributed by atoms with Crippen molar-refractivity contribution < 1.29 is 14.3 Å². The Bertz CT molecular complexity index is 1570. The molecule has 0 spiro atoms. The van der Waals surface area contributed by atoms with Crippen molar-refractivity contribution in [2.75, 3.05) is 29.2 Å². The summed E-state index contributed by atoms with van der Waals surface area (Å²) in [5.41, 5.74) is 4.91. The summed E-state index contributed by atoms with van der Waals surface area (Å²) >= 11 is 6.38. The Kier molecular flexibility index (Phi) is 7.21. The third kappa shape index (κ3) is 5.42. The molecular weight excluding hydrogens is 518 g/mol. The molecule has 0 saturated heterocycles. The standard InChI is InChI=1S/C28H28ClN7O3/c1-16(2)36-15-20(13-31-36)26-22(29)14-30-28(34-26)33-23-7-5-19(12-25(23)39-4)27(38)32-21-6-8-24-18(11-21)9-10-35(24)17(3)37/h5-8,11-16H,9-10H2,1-4H3,(H,32,38)(H,30,33,34). The van der Waals surface area contributed by atoms with Crippen molar-refractivity contribution in [2.24, 2.45) is 0 Å². The summed E-state index contributed by atoms with van der Waals surface area (Å²) in [6.45, 7) is 6.28. The van der Waals surface area contributed by atoms with Crippen LogP contribution in [-0.4, -0.2) is 45.2 Å². The van der Waals surface area contributed by atoms with Crippen molar-refractivity contribution in [1.29, 1.82) is 0 Å². The zero-order valence-electron chi connectivity index (χ0n) is 22.0. The zero-order chi connectivity index (χ0) is 27.7. The summed E-state index contributed by atoms with van der Waals surface area (Å²) in [7, 11) is 1.53. The van der Waals surface area contributed by atoms with Crippen LogP contribution >= 0.6 is 11.6 Å². The number of amides is 2. The maximum atomic E-state index is 13.0. The second kappa shape index (κ2) is 10.7. The monoisotopic (exact) mass is 545 g/mol. The average molecular weight is 546 g/mol. The Balaban J connectivity index is 1.33. The number of anilines is 4. The molecule has 2 aromatic carbocycles. The Hall–Kier alpha value is -4.44. The molecule has 11 heteroatoms. The Morgan fingerprint density at radius 1 is 1.13 bits per heavy atom. The topological polar surface area (TPSA) is 114 Å². The highest BCUT2D eigenvalue weighted by Gasteiger charge is 2.22. The van der Waals surface area contributed by atoms with Crippen LogP contribution in [0.5, 0.6) is 5.75 Å². The highest BCUT2D eigenvalue weighted by molar-refractivity contribution is 6.32. The van der Waals surface area contributed by atoms with Crippen LogP contribution in [0.15, 0.2) is 55.0 Å². The van der Waals surface area contributed by atoms with Crippen LogP contribution in [0.3, 0.4) is 0 Å². The molecule has 5 rings (SSSR count). The lowest BCUT2D eigenvalue weighted by molar-refractivity contribution is -0.116. The first-order valence-electron chi connectivity index (χ1n) is 12.5. The first kappa shape index (κ1) is 26.2. The van der Waals surface area contributed by atoms with Gasteiger partial charge >= 0.3 is 0 Å². The van der Waals surface area contributed by atoms with E-state index < -0.39 is 0 Å². The molecule has 39 heavy (non-hydrogen) atoms. The van der Waals surface area contributed by atoms with Gasteiger partial charge in [0.05, 0.1) is 35.9 Å². The largest absolute Gasteiger partial charge is 0.495 e. The Morgan fingerprint density at radius 2 is 1.95 bits per heavy atom. The van der Waals surface area contributed by atoms with Gasteiger partial charge in [0.1, 0.15) is 5.75 Å². The van der Waals surface area contributed by atoms with Crippen molar-refractivity contribution in [3.63, 3.8) is 0 Å². The lowest BCUT2D eigenvalue weighted by Gasteiger charge is -2.15. The molecule has 0 radical (unpaired) electrons. The van der Waals surface area contributed by atoms with Crippen molar-refractivity contribution in [1.82, 2.24) is 19.7 Å². The first-order chi connectivity index (χ1) is 18.7. The predicted octanol–water partition coefficient (Wildman–Crippen LogP) is 5.49. The van der Waals surface area contributed by atoms with Crippen LogP contribution in [0.1, 0.15) is 42.7 Å². The number of aromatic nitrogens is 4. The van der Waals surface area contributed by atoms with E-state index in [2.05, 4.69) is 25.7 Å². The molecule has 2 N–H and O–H groups in total. The number of halogens is 1. The molecule has 4 aromatic rings. The van der Waals surface area contributed by atoms with Gasteiger partial charge in [-0.25, -0.2) is 9.97 Å². The number of methoxy groups -OCH3 is 1. The van der Waals surface area contributed by atoms with E-state index in [0.717, 1.165) is 23.2 Å². The molecule has 0 aliphatic carbocycles. The number of carbonyl (C=O) groups excluding carboxylic acids is 2. The summed E-state index contributed by atoms with van der Waals surface area (Å²) in [5, 5.41) is 10.8. The molecule has 2 amide bonds. The molecule has 0 saturated carbocycles. The van der Waals surface area contributed by atoms with Gasteiger partial charge in [-0.05, 0) is 62.2 Å². The second-order valence-electron chi connectivity index (χ2n) is 9.45. The van der Waals surface area contributed by atoms with Crippen LogP contribution in [0, 0.1) is 0 Å². The van der Waals surface area contributed by atoms with E-state index in [1.54, 1.807) is 42.3 Å². The molecule has 0 unspecified atom stereocenters. The molecule has 0 bridgehead atoms. The number of fused-ring (bicyclic) bond motifs is 1. The summed E-state index contributed by atoms with van der Waals surface area (Å²) in [6, 6.07) is 10.8. The summed E-state index contributed by atoms with van der Waals surface area (Å²) in [6.07, 6.45) is 5.88. The number of nitrogens with zero attached hydrogens (tertiary/aromatic N) is 5. The lowest BCUT2D eigenvalue weighted by Crippen LogP contribution is -2.25. The fraction of sp³-hybridized carbons (Fsp3) is 0.250. The zero-order valence-corrected chi connectivity index (χ0v) is 22.8. The van der Waals surface area contributed by atoms with Gasteiger partial charge in [-0.2, -0.15) is 5.10 Å². The van der Waals surface area contributed by atoms with Crippen molar-refractivity contribution in [3.05, 3.63) is 71.1 Å². The molecule has 1 aliphatic rings. The number of hydrogen-bond acceptors (Lipinski definition) is 7. The first-order valence-corrected chi connectivity index (χ1v) is 12.9. The minimum Gasteiger partial charge on any atom is -0.495 e. The van der Waals surface area contributed by atoms with Crippen LogP contribution in [0.25, 0.3) is 11.3 Å². The lowest BCUT2D eigenvalue weighted by atomic mass is 10.1. The van der Waals surface area contributed by atoms with Gasteiger partial charge < -0.3 is 20.3 Å². The van der Waals surface area contributed by atoms with E-state index in [0.29, 0.717) is 45.9 Å². The third-order valence-corrected chi connectivity index (χ3v) is 6.75. The number of nitrogens with one attached hydrogen (secondary N) is 2. The molecule has 0 atom stereocenters. The quantitative estimate of drug-likeness (QED) is 0.315. The number of hydrogen-bond donors (Lipinski definition) is 2. The minimum atomic E-state index is -0.284. The Morgan fingerprint density at radius 3 is 2.67 bits per heavy atom. The van der Waals surface area contributed by atoms with E-state index >= 15 is 0 Å². The van der Waals surface area contributed by atoms with Gasteiger partial charge in [-0.3, -0.25) is 14.3 Å². The highest BCUT2D eigenvalue weighted by Crippen LogP contribution is 2.33. The maximum absolute atomic E-state index is 13.0. The number of ether oxygens (including phenoxy) is 1. The van der Waals surface area contributed by atoms with E-state index in [1.165, 1.54) is 13.3 Å². The third-order valence-electron chi connectivity index (χ3n) is 6.47. The maximum Gasteiger partial charge on any atom is 0.255 e. The van der Waals surface area contributed by atoms with E-state index in [9.17, 15) is 9.59 Å². The van der Waals surface area contributed by atoms with Crippen molar-refractivity contribution in [3.8, 4) is 17.0 Å². The van der Waals surface area contributed by atoms with E-state index in [4.69, 9.17) is 16.3 Å². The van der Waals surface area contributed by atoms with Gasteiger partial charge in [-0.1, -0.05) is 11.6 Å².